The number of benzene rings is 1. The molecule has 3 atom stereocenters. The van der Waals surface area contributed by atoms with Crippen molar-refractivity contribution in [2.24, 2.45) is 11.3 Å². The van der Waals surface area contributed by atoms with Crippen LogP contribution >= 0.6 is 7.75 Å². The number of halogens is 1. The summed E-state index contributed by atoms with van der Waals surface area (Å²) in [4.78, 5) is 39.9. The maximum atomic E-state index is 13.9. The molecule has 1 aromatic carbocycles. The quantitative estimate of drug-likeness (QED) is 0.227. The lowest BCUT2D eigenvalue weighted by atomic mass is 10.1. The van der Waals surface area contributed by atoms with Gasteiger partial charge in [0, 0.05) is 13.1 Å². The number of nitrogens with two attached hydrogens (primary N) is 1. The molecule has 1 aliphatic carbocycles. The number of nitrogens with zero attached hydrogens (tertiary/aromatic N) is 2. The highest BCUT2D eigenvalue weighted by molar-refractivity contribution is 7.52. The average molecular weight is 595 g/mol. The van der Waals surface area contributed by atoms with Gasteiger partial charge in [-0.15, -0.1) is 0 Å². The monoisotopic (exact) mass is 594 g/mol. The summed E-state index contributed by atoms with van der Waals surface area (Å²) in [6.07, 6.45) is 4.16. The molecule has 1 fully saturated rings. The Morgan fingerprint density at radius 2 is 1.90 bits per heavy atom. The maximum absolute atomic E-state index is 13.9. The summed E-state index contributed by atoms with van der Waals surface area (Å²) in [5, 5.41) is 2.63. The molecule has 224 valence electrons. The molecule has 0 spiro atoms. The SMILES string of the molecule is CCC(CC)COC(=O)[C@H](C)NP(=O)(OC[C@@]1(COC(C)=O)C/C1=C/n1cc(F)c(N)nc1=O)Oc1ccccc1. The van der Waals surface area contributed by atoms with E-state index in [1.54, 1.807) is 30.3 Å². The first kappa shape index (κ1) is 32.0. The minimum absolute atomic E-state index is 0.174. The number of ether oxygens (including phenoxy) is 2. The Morgan fingerprint density at radius 3 is 2.54 bits per heavy atom. The van der Waals surface area contributed by atoms with Crippen LogP contribution in [0.2, 0.25) is 0 Å². The number of carbonyl (C=O) groups is 2. The summed E-state index contributed by atoms with van der Waals surface area (Å²) in [6.45, 7) is 6.47. The number of esters is 2. The molecule has 1 saturated carbocycles. The van der Waals surface area contributed by atoms with Crippen molar-refractivity contribution >= 4 is 31.7 Å². The third-order valence-corrected chi connectivity index (χ3v) is 8.29. The lowest BCUT2D eigenvalue weighted by molar-refractivity contribution is -0.147. The number of hydrogen-bond acceptors (Lipinski definition) is 10. The van der Waals surface area contributed by atoms with Crippen LogP contribution in [0, 0.1) is 17.2 Å². The second-order valence-electron chi connectivity index (χ2n) is 9.89. The number of hydrogen-bond donors (Lipinski definition) is 2. The van der Waals surface area contributed by atoms with Gasteiger partial charge in [0.25, 0.3) is 0 Å². The van der Waals surface area contributed by atoms with Gasteiger partial charge < -0.3 is 19.7 Å². The Balaban J connectivity index is 1.82. The largest absolute Gasteiger partial charge is 0.465 e. The van der Waals surface area contributed by atoms with Crippen molar-refractivity contribution in [3.8, 4) is 5.75 Å². The van der Waals surface area contributed by atoms with Gasteiger partial charge in [0.05, 0.1) is 24.8 Å². The van der Waals surface area contributed by atoms with Gasteiger partial charge in [0.2, 0.25) is 0 Å². The first-order valence-electron chi connectivity index (χ1n) is 13.2. The van der Waals surface area contributed by atoms with Crippen molar-refractivity contribution in [3.63, 3.8) is 0 Å². The van der Waals surface area contributed by atoms with Crippen molar-refractivity contribution in [2.75, 3.05) is 25.6 Å². The molecule has 1 aliphatic rings. The van der Waals surface area contributed by atoms with E-state index >= 15 is 0 Å². The Labute approximate surface area is 237 Å². The highest BCUT2D eigenvalue weighted by Gasteiger charge is 2.52. The minimum atomic E-state index is -4.23. The van der Waals surface area contributed by atoms with Crippen LogP contribution in [0.1, 0.15) is 47.0 Å². The standard InChI is InChI=1S/C27H36FN4O8P/c1-5-20(6-2)15-37-25(34)18(3)31-41(36,40-22-10-8-7-9-11-22)39-17-27(16-38-19(4)33)12-21(27)13-32-14-23(28)24(29)30-26(32)35/h7-11,13-14,18,20H,5-6,12,15-17H2,1-4H3,(H,31,36)(H2,29,30,35)/b21-13-/t18-,27-,41?/m0/s1. The van der Waals surface area contributed by atoms with E-state index in [1.165, 1.54) is 20.0 Å². The predicted octanol–water partition coefficient (Wildman–Crippen LogP) is 3.92. The van der Waals surface area contributed by atoms with Gasteiger partial charge in [-0.3, -0.25) is 18.7 Å². The van der Waals surface area contributed by atoms with Crippen molar-refractivity contribution < 1.29 is 37.1 Å². The summed E-state index contributed by atoms with van der Waals surface area (Å²) in [7, 11) is -4.23. The Morgan fingerprint density at radius 1 is 1.22 bits per heavy atom. The molecule has 0 aliphatic heterocycles. The van der Waals surface area contributed by atoms with Crippen LogP contribution < -0.4 is 21.0 Å². The molecule has 12 nitrogen and oxygen atoms in total. The lowest BCUT2D eigenvalue weighted by Gasteiger charge is -2.25. The van der Waals surface area contributed by atoms with Gasteiger partial charge in [-0.2, -0.15) is 10.1 Å². The molecular weight excluding hydrogens is 558 g/mol. The summed E-state index contributed by atoms with van der Waals surface area (Å²) in [5.74, 6) is -2.20. The molecule has 1 unspecified atom stereocenters. The van der Waals surface area contributed by atoms with Gasteiger partial charge in [0.1, 0.15) is 18.4 Å². The van der Waals surface area contributed by atoms with Gasteiger partial charge in [-0.25, -0.2) is 13.8 Å². The van der Waals surface area contributed by atoms with E-state index in [9.17, 15) is 23.3 Å². The molecule has 41 heavy (non-hydrogen) atoms. The number of nitrogens with one attached hydrogen (secondary N) is 1. The molecule has 2 aromatic rings. The van der Waals surface area contributed by atoms with Crippen molar-refractivity contribution in [3.05, 3.63) is 58.4 Å². The van der Waals surface area contributed by atoms with Crippen LogP contribution in [-0.4, -0.2) is 47.4 Å². The highest BCUT2D eigenvalue weighted by atomic mass is 31.2. The third kappa shape index (κ3) is 8.97. The number of anilines is 1. The normalized spacial score (nSPS) is 19.4. The zero-order valence-electron chi connectivity index (χ0n) is 23.5. The second kappa shape index (κ2) is 13.9. The maximum Gasteiger partial charge on any atom is 0.459 e. The Bertz CT molecular complexity index is 1360. The fourth-order valence-corrected chi connectivity index (χ4v) is 5.42. The van der Waals surface area contributed by atoms with Gasteiger partial charge >= 0.3 is 25.4 Å². The highest BCUT2D eigenvalue weighted by Crippen LogP contribution is 2.56. The summed E-state index contributed by atoms with van der Waals surface area (Å²) in [5.41, 5.74) is 4.08. The number of rotatable bonds is 15. The third-order valence-electron chi connectivity index (χ3n) is 6.67. The first-order chi connectivity index (χ1) is 19.4. The summed E-state index contributed by atoms with van der Waals surface area (Å²) >= 11 is 0. The van der Waals surface area contributed by atoms with Gasteiger partial charge in [0.15, 0.2) is 11.6 Å². The smallest absolute Gasteiger partial charge is 0.459 e. The Hall–Kier alpha value is -3.54. The molecule has 0 amide bonds. The van der Waals surface area contributed by atoms with E-state index in [0.717, 1.165) is 23.6 Å². The summed E-state index contributed by atoms with van der Waals surface area (Å²) < 4.78 is 50.9. The molecular formula is C27H36FN4O8P. The van der Waals surface area contributed by atoms with E-state index in [2.05, 4.69) is 10.1 Å². The van der Waals surface area contributed by atoms with Gasteiger partial charge in [-0.05, 0) is 37.0 Å². The zero-order valence-corrected chi connectivity index (χ0v) is 24.4. The molecule has 0 radical (unpaired) electrons. The second-order valence-corrected chi connectivity index (χ2v) is 11.6. The van der Waals surface area contributed by atoms with E-state index in [4.69, 9.17) is 24.3 Å². The fourth-order valence-electron chi connectivity index (χ4n) is 3.85. The predicted molar refractivity (Wildman–Crippen MR) is 149 cm³/mol. The fraction of sp³-hybridized carbons (Fsp3) is 0.481. The lowest BCUT2D eigenvalue weighted by Crippen LogP contribution is -2.36. The molecule has 3 rings (SSSR count). The van der Waals surface area contributed by atoms with E-state index in [-0.39, 0.29) is 37.9 Å². The van der Waals surface area contributed by atoms with Crippen LogP contribution in [0.3, 0.4) is 0 Å². The van der Waals surface area contributed by atoms with Crippen LogP contribution in [0.15, 0.2) is 46.9 Å². The molecule has 3 N–H and O–H groups in total. The van der Waals surface area contributed by atoms with Crippen molar-refractivity contribution in [2.45, 2.75) is 53.0 Å². The number of carbonyl (C=O) groups excluding carboxylic acids is 2. The van der Waals surface area contributed by atoms with Crippen LogP contribution in [0.25, 0.3) is 6.20 Å². The Kier molecular flexibility index (Phi) is 10.8. The van der Waals surface area contributed by atoms with Crippen LogP contribution in [0.5, 0.6) is 5.75 Å². The number of para-hydroxylation sites is 1. The topological polar surface area (TPSA) is 161 Å². The molecule has 14 heteroatoms. The molecule has 0 saturated heterocycles. The first-order valence-corrected chi connectivity index (χ1v) is 14.8. The number of nitrogen functional groups attached to an aromatic ring is 1. The zero-order chi connectivity index (χ0) is 30.2. The van der Waals surface area contributed by atoms with Gasteiger partial charge in [-0.1, -0.05) is 44.9 Å². The number of aromatic nitrogens is 2. The van der Waals surface area contributed by atoms with Crippen molar-refractivity contribution in [1.82, 2.24) is 14.6 Å². The van der Waals surface area contributed by atoms with Crippen molar-refractivity contribution in [1.29, 1.82) is 0 Å². The minimum Gasteiger partial charge on any atom is -0.465 e. The molecule has 0 bridgehead atoms. The van der Waals surface area contributed by atoms with E-state index in [0.29, 0.717) is 5.57 Å². The molecule has 1 aromatic heterocycles. The van der Waals surface area contributed by atoms with Crippen LogP contribution in [-0.2, 0) is 28.2 Å². The van der Waals surface area contributed by atoms with E-state index < -0.39 is 48.5 Å². The van der Waals surface area contributed by atoms with Crippen LogP contribution in [0.4, 0.5) is 10.2 Å². The van der Waals surface area contributed by atoms with E-state index in [1.807, 2.05) is 13.8 Å². The molecule has 1 heterocycles. The summed E-state index contributed by atoms with van der Waals surface area (Å²) in [6, 6.07) is 7.18. The average Bonchev–Trinajstić information content (AvgIpc) is 3.62.